The molecule has 5 rings (SSSR count). The third-order valence-electron chi connectivity index (χ3n) is 7.16. The Kier molecular flexibility index (Phi) is 7.48. The molecular weight excluding hydrogens is 520 g/mol. The number of phenols is 1. The van der Waals surface area contributed by atoms with Gasteiger partial charge in [-0.3, -0.25) is 4.79 Å². The highest BCUT2D eigenvalue weighted by Gasteiger charge is 2.40. The van der Waals surface area contributed by atoms with E-state index in [2.05, 4.69) is 16.7 Å². The first-order chi connectivity index (χ1) is 18.9. The number of carbonyl (C=O) groups excluding carboxylic acids is 1. The van der Waals surface area contributed by atoms with Crippen LogP contribution < -0.4 is 29.6 Å². The highest BCUT2D eigenvalue weighted by atomic mass is 35.5. The Balaban J connectivity index is 1.63. The highest BCUT2D eigenvalue weighted by molar-refractivity contribution is 6.32. The monoisotopic (exact) mass is 550 g/mol. The van der Waals surface area contributed by atoms with Gasteiger partial charge in [0.15, 0.2) is 23.0 Å². The Morgan fingerprint density at radius 3 is 2.26 bits per heavy atom. The van der Waals surface area contributed by atoms with Crippen LogP contribution in [0.15, 0.2) is 60.3 Å². The normalized spacial score (nSPS) is 19.9. The fourth-order valence-corrected chi connectivity index (χ4v) is 5.57. The molecule has 0 fully saturated rings. The smallest absolute Gasteiger partial charge is 0.203 e. The number of ketones is 1. The zero-order chi connectivity index (χ0) is 27.7. The fraction of sp³-hybridized carbons (Fsp3) is 0.300. The van der Waals surface area contributed by atoms with Crippen LogP contribution in [0, 0.1) is 5.92 Å². The van der Waals surface area contributed by atoms with Gasteiger partial charge in [-0.05, 0) is 54.4 Å². The zero-order valence-corrected chi connectivity index (χ0v) is 23.0. The van der Waals surface area contributed by atoms with E-state index in [0.717, 1.165) is 28.2 Å². The fourth-order valence-electron chi connectivity index (χ4n) is 5.35. The number of rotatable bonds is 7. The molecule has 0 amide bonds. The predicted octanol–water partition coefficient (Wildman–Crippen LogP) is 6.31. The van der Waals surface area contributed by atoms with Gasteiger partial charge in [-0.15, -0.1) is 0 Å². The zero-order valence-electron chi connectivity index (χ0n) is 22.2. The van der Waals surface area contributed by atoms with Crippen molar-refractivity contribution in [1.29, 1.82) is 0 Å². The van der Waals surface area contributed by atoms with Gasteiger partial charge in [-0.25, -0.2) is 0 Å². The van der Waals surface area contributed by atoms with Crippen LogP contribution in [0.2, 0.25) is 5.02 Å². The van der Waals surface area contributed by atoms with Crippen LogP contribution in [-0.2, 0) is 4.79 Å². The van der Waals surface area contributed by atoms with Crippen molar-refractivity contribution in [2.75, 3.05) is 38.6 Å². The molecule has 3 atom stereocenters. The molecule has 3 unspecified atom stereocenters. The molecular formula is C30H31ClN2O6. The lowest BCUT2D eigenvalue weighted by Crippen LogP contribution is -2.33. The van der Waals surface area contributed by atoms with Crippen LogP contribution in [0.5, 0.6) is 28.7 Å². The summed E-state index contributed by atoms with van der Waals surface area (Å²) < 4.78 is 22.2. The second kappa shape index (κ2) is 11.0. The molecule has 0 radical (unpaired) electrons. The van der Waals surface area contributed by atoms with E-state index in [4.69, 9.17) is 30.5 Å². The Bertz CT molecular complexity index is 1410. The van der Waals surface area contributed by atoms with E-state index in [-0.39, 0.29) is 34.6 Å². The summed E-state index contributed by atoms with van der Waals surface area (Å²) in [4.78, 5) is 14.0. The Morgan fingerprint density at radius 2 is 1.62 bits per heavy atom. The van der Waals surface area contributed by atoms with Crippen molar-refractivity contribution in [3.8, 4) is 28.7 Å². The standard InChI is InChI=1S/C30H31ClN2O6/c1-5-39-24-15-18(10-19(31)29(24)35)28-27-22(32-20-8-6-7-9-21(20)33-28)11-16(12-23(27)34)17-13-25(36-2)30(38-4)26(14-17)37-3/h6-11,13-16,27-28,32-33,35H,5,12H2,1-4H3. The van der Waals surface area contributed by atoms with Gasteiger partial charge in [0.1, 0.15) is 5.78 Å². The molecule has 8 nitrogen and oxygen atoms in total. The molecule has 0 saturated carbocycles. The lowest BCUT2D eigenvalue weighted by molar-refractivity contribution is -0.122. The van der Waals surface area contributed by atoms with Crippen LogP contribution in [0.4, 0.5) is 11.4 Å². The number of ether oxygens (including phenoxy) is 4. The van der Waals surface area contributed by atoms with Gasteiger partial charge < -0.3 is 34.7 Å². The summed E-state index contributed by atoms with van der Waals surface area (Å²) in [7, 11) is 4.70. The van der Waals surface area contributed by atoms with Gasteiger partial charge in [0, 0.05) is 18.0 Å². The quantitative estimate of drug-likeness (QED) is 0.315. The van der Waals surface area contributed by atoms with Crippen molar-refractivity contribution in [2.24, 2.45) is 5.92 Å². The maximum Gasteiger partial charge on any atom is 0.203 e. The maximum absolute atomic E-state index is 14.0. The summed E-state index contributed by atoms with van der Waals surface area (Å²) in [5, 5.41) is 17.7. The average Bonchev–Trinajstić information content (AvgIpc) is 3.11. The van der Waals surface area contributed by atoms with E-state index in [1.807, 2.05) is 43.3 Å². The number of hydrogen-bond acceptors (Lipinski definition) is 8. The van der Waals surface area contributed by atoms with Crippen molar-refractivity contribution in [1.82, 2.24) is 0 Å². The minimum Gasteiger partial charge on any atom is -0.503 e. The van der Waals surface area contributed by atoms with E-state index >= 15 is 0 Å². The number of nitrogens with one attached hydrogen (secondary N) is 2. The van der Waals surface area contributed by atoms with Crippen molar-refractivity contribution in [2.45, 2.75) is 25.3 Å². The van der Waals surface area contributed by atoms with Gasteiger partial charge in [-0.2, -0.15) is 0 Å². The summed E-state index contributed by atoms with van der Waals surface area (Å²) in [5.41, 5.74) is 4.07. The molecule has 0 bridgehead atoms. The molecule has 0 saturated heterocycles. The summed E-state index contributed by atoms with van der Waals surface area (Å²) in [6, 6.07) is 14.5. The summed E-state index contributed by atoms with van der Waals surface area (Å²) in [6.07, 6.45) is 2.36. The number of allylic oxidation sites excluding steroid dienone is 1. The Hall–Kier alpha value is -4.04. The number of fused-ring (bicyclic) bond motifs is 2. The second-order valence-corrected chi connectivity index (χ2v) is 9.82. The third-order valence-corrected chi connectivity index (χ3v) is 7.45. The first-order valence-corrected chi connectivity index (χ1v) is 13.1. The van der Waals surface area contributed by atoms with E-state index < -0.39 is 12.0 Å². The first kappa shape index (κ1) is 26.6. The molecule has 1 heterocycles. The van der Waals surface area contributed by atoms with E-state index in [9.17, 15) is 9.90 Å². The Labute approximate surface area is 232 Å². The molecule has 3 aromatic carbocycles. The topological polar surface area (TPSA) is 98.3 Å². The van der Waals surface area contributed by atoms with E-state index in [0.29, 0.717) is 23.9 Å². The molecule has 1 aliphatic heterocycles. The molecule has 2 aliphatic rings. The number of methoxy groups -OCH3 is 3. The van der Waals surface area contributed by atoms with Crippen molar-refractivity contribution in [3.63, 3.8) is 0 Å². The molecule has 0 aromatic heterocycles. The van der Waals surface area contributed by atoms with Crippen LogP contribution >= 0.6 is 11.6 Å². The minimum atomic E-state index is -0.536. The molecule has 204 valence electrons. The first-order valence-electron chi connectivity index (χ1n) is 12.7. The number of hydrogen-bond donors (Lipinski definition) is 3. The maximum atomic E-state index is 14.0. The van der Waals surface area contributed by atoms with Gasteiger partial charge in [-0.1, -0.05) is 29.8 Å². The van der Waals surface area contributed by atoms with Crippen LogP contribution in [0.1, 0.15) is 36.4 Å². The van der Waals surface area contributed by atoms with Crippen molar-refractivity contribution < 1.29 is 28.8 Å². The van der Waals surface area contributed by atoms with E-state index in [1.54, 1.807) is 33.5 Å². The average molecular weight is 551 g/mol. The van der Waals surface area contributed by atoms with Gasteiger partial charge >= 0.3 is 0 Å². The molecule has 1 aliphatic carbocycles. The highest BCUT2D eigenvalue weighted by Crippen LogP contribution is 2.48. The summed E-state index contributed by atoms with van der Waals surface area (Å²) >= 11 is 6.40. The molecule has 3 aromatic rings. The second-order valence-electron chi connectivity index (χ2n) is 9.41. The van der Waals surface area contributed by atoms with Crippen LogP contribution in [-0.4, -0.2) is 38.8 Å². The lowest BCUT2D eigenvalue weighted by Gasteiger charge is -2.33. The molecule has 0 spiro atoms. The SMILES string of the molecule is CCOc1cc(C2Nc3ccccc3NC3=CC(c4cc(OC)c(OC)c(OC)c4)CC(=O)C32)cc(Cl)c1O. The number of anilines is 2. The van der Waals surface area contributed by atoms with Crippen molar-refractivity contribution >= 4 is 28.8 Å². The third kappa shape index (κ3) is 4.92. The minimum absolute atomic E-state index is 0.0474. The van der Waals surface area contributed by atoms with Gasteiger partial charge in [0.05, 0.1) is 56.3 Å². The number of carbonyl (C=O) groups is 1. The number of benzene rings is 3. The van der Waals surface area contributed by atoms with Gasteiger partial charge in [0.25, 0.3) is 0 Å². The number of halogens is 1. The van der Waals surface area contributed by atoms with Crippen LogP contribution in [0.25, 0.3) is 0 Å². The largest absolute Gasteiger partial charge is 0.503 e. The lowest BCUT2D eigenvalue weighted by atomic mass is 9.76. The number of Topliss-reactive ketones (excluding diaryl/α,β-unsaturated/α-hetero) is 1. The van der Waals surface area contributed by atoms with Crippen LogP contribution in [0.3, 0.4) is 0 Å². The van der Waals surface area contributed by atoms with Gasteiger partial charge in [0.2, 0.25) is 5.75 Å². The predicted molar refractivity (Wildman–Crippen MR) is 151 cm³/mol. The molecule has 3 N–H and O–H groups in total. The number of para-hydroxylation sites is 2. The molecule has 39 heavy (non-hydrogen) atoms. The summed E-state index contributed by atoms with van der Waals surface area (Å²) in [5.74, 6) is 0.993. The van der Waals surface area contributed by atoms with Crippen molar-refractivity contribution in [3.05, 3.63) is 76.5 Å². The molecule has 9 heteroatoms. The number of aromatic hydroxyl groups is 1. The van der Waals surface area contributed by atoms with E-state index in [1.165, 1.54) is 0 Å². The summed E-state index contributed by atoms with van der Waals surface area (Å²) in [6.45, 7) is 2.19. The Morgan fingerprint density at radius 1 is 0.949 bits per heavy atom. The number of phenolic OH excluding ortho intramolecular Hbond substituents is 1.